The first-order valence-electron chi connectivity index (χ1n) is 37.2. The molecule has 17 aliphatic rings. The third-order valence-corrected chi connectivity index (χ3v) is 22.7. The van der Waals surface area contributed by atoms with Gasteiger partial charge in [0.1, 0.15) is 0 Å². The highest BCUT2D eigenvalue weighted by Gasteiger charge is 2.25. The number of hydrogen-bond acceptors (Lipinski definition) is 0. The molecule has 17 aliphatic carbocycles. The number of hydrogen-bond donors (Lipinski definition) is 0. The van der Waals surface area contributed by atoms with Gasteiger partial charge in [-0.15, -0.1) is 0 Å². The molecule has 0 N–H and O–H groups in total. The van der Waals surface area contributed by atoms with E-state index in [2.05, 4.69) is 194 Å². The zero-order chi connectivity index (χ0) is 58.7. The molecule has 0 aromatic rings. The molecule has 17 rings (SSSR count). The summed E-state index contributed by atoms with van der Waals surface area (Å²) in [6.07, 6.45) is 128. The standard InChI is InChI=1S/C13H20.2C12H18.2C11H16.C10H14.C9H12.C8H10/c1-3-7-12-9-5-2-6-10-13(11-12)8-4-1;1-3-7-11-9-5-2-6-10-12(11)8-4-1;1-2-6-12-8-4-3-7-11(5-1)9-10-12;1-4-10-6-2-7-11(5-1)9-3-8-10;1-2-5-10-7-4-8-11(9-10)6-3-1;1-2-5-9-7-4-8-10(9)6-3-1;1-3-8-5-2-6-9(4-1)7-8;1-3-7-5-2-6-8(7)4-1/h1-3,6,12-13H,4-5,7-11H2;1-3,6,11-12H,4-5,7-10H2;1-4,11-12H,5-10H2;1-2,4,7,10-11H,3,5-6,8-9H2;1-2,4,8,10-11H,3,5-7,9H2;1-2,4,8-10H,3,5-7H2;1-3,6,8-9H,4-5,7H2;1-3,6-8H,4-5H2/b3-1-,6-2?;;2-1-,4-3?;4-1-,7-2?;2-1-;;;. The van der Waals surface area contributed by atoms with E-state index >= 15 is 0 Å². The van der Waals surface area contributed by atoms with Crippen molar-refractivity contribution >= 4 is 0 Å². The molecule has 0 fully saturated rings. The summed E-state index contributed by atoms with van der Waals surface area (Å²) < 4.78 is 0. The Morgan fingerprint density at radius 3 is 1.05 bits per heavy atom. The molecular weight excluding hydrogens is 1030 g/mol. The maximum Gasteiger partial charge on any atom is -0.0133 e. The summed E-state index contributed by atoms with van der Waals surface area (Å²) in [6, 6.07) is 0. The van der Waals surface area contributed by atoms with Gasteiger partial charge in [-0.1, -0.05) is 201 Å². The minimum atomic E-state index is 0.854. The Bertz CT molecular complexity index is 2250. The molecule has 0 saturated carbocycles. The molecular formula is C86H124. The maximum absolute atomic E-state index is 2.43. The van der Waals surface area contributed by atoms with Gasteiger partial charge in [0.25, 0.3) is 0 Å². The van der Waals surface area contributed by atoms with Gasteiger partial charge in [-0.2, -0.15) is 0 Å². The molecule has 468 valence electrons. The summed E-state index contributed by atoms with van der Waals surface area (Å²) in [4.78, 5) is 0. The number of fused-ring (bicyclic) bond motifs is 16. The lowest BCUT2D eigenvalue weighted by atomic mass is 9.81. The van der Waals surface area contributed by atoms with Crippen molar-refractivity contribution in [3.63, 3.8) is 0 Å². The third kappa shape index (κ3) is 25.0. The Labute approximate surface area is 530 Å². The van der Waals surface area contributed by atoms with Gasteiger partial charge in [-0.25, -0.2) is 0 Å². The van der Waals surface area contributed by atoms with E-state index in [9.17, 15) is 0 Å². The van der Waals surface area contributed by atoms with E-state index in [0.717, 1.165) is 94.7 Å². The molecule has 16 atom stereocenters. The topological polar surface area (TPSA) is 0 Å². The van der Waals surface area contributed by atoms with Crippen LogP contribution in [0.4, 0.5) is 0 Å². The highest BCUT2D eigenvalue weighted by atomic mass is 14.3. The lowest BCUT2D eigenvalue weighted by molar-refractivity contribution is 0.315. The van der Waals surface area contributed by atoms with Crippen LogP contribution < -0.4 is 0 Å². The second-order valence-electron chi connectivity index (χ2n) is 29.5. The minimum absolute atomic E-state index is 0.854. The Morgan fingerprint density at radius 2 is 0.512 bits per heavy atom. The second-order valence-corrected chi connectivity index (χ2v) is 29.5. The van der Waals surface area contributed by atoms with Crippen LogP contribution in [-0.4, -0.2) is 0 Å². The maximum atomic E-state index is 2.43. The molecule has 16 unspecified atom stereocenters. The Kier molecular flexibility index (Phi) is 30.6. The summed E-state index contributed by atoms with van der Waals surface area (Å²) in [5, 5.41) is 0. The van der Waals surface area contributed by atoms with Gasteiger partial charge in [-0.05, 0) is 332 Å². The molecule has 0 heteroatoms. The Hall–Kier alpha value is -4.16. The smallest absolute Gasteiger partial charge is 0.0133 e. The van der Waals surface area contributed by atoms with Crippen molar-refractivity contribution in [3.05, 3.63) is 194 Å². The fourth-order valence-electron chi connectivity index (χ4n) is 17.1. The van der Waals surface area contributed by atoms with E-state index in [1.54, 1.807) is 0 Å². The van der Waals surface area contributed by atoms with E-state index in [4.69, 9.17) is 0 Å². The van der Waals surface area contributed by atoms with Gasteiger partial charge in [0.15, 0.2) is 0 Å². The SMILES string of the molecule is C1=CC2C/C=C\C(C1)CCC2.C1=CC2CC/C=C\CC(C1)C2.C1=CC2CC=CC(C1)C2.C1=CC2CC=CC2C1.C1=CCC2C/C=C\CC(C1)CC2.C1=CCC2CC/C=C\CC(CC1)C2.C1=CCC2CC=CC2CC1.C1=CCC2CCC=CCC2CC1. The first-order valence-corrected chi connectivity index (χ1v) is 37.2. The van der Waals surface area contributed by atoms with Crippen molar-refractivity contribution < 1.29 is 0 Å². The van der Waals surface area contributed by atoms with Crippen LogP contribution in [0.1, 0.15) is 244 Å². The van der Waals surface area contributed by atoms with E-state index in [0.29, 0.717) is 0 Å². The van der Waals surface area contributed by atoms with E-state index in [1.165, 1.54) is 244 Å². The van der Waals surface area contributed by atoms with Crippen LogP contribution in [-0.2, 0) is 0 Å². The van der Waals surface area contributed by atoms with Gasteiger partial charge < -0.3 is 0 Å². The number of allylic oxidation sites excluding steroid dienone is 32. The monoisotopic (exact) mass is 1160 g/mol. The summed E-state index contributed by atoms with van der Waals surface area (Å²) >= 11 is 0. The van der Waals surface area contributed by atoms with Crippen LogP contribution in [0.2, 0.25) is 0 Å². The first-order chi connectivity index (χ1) is 42.6. The molecule has 0 radical (unpaired) electrons. The molecule has 0 spiro atoms. The Morgan fingerprint density at radius 1 is 0.163 bits per heavy atom. The largest absolute Gasteiger partial charge is 0.0885 e. The molecule has 0 aliphatic heterocycles. The lowest BCUT2D eigenvalue weighted by Gasteiger charge is -2.25. The van der Waals surface area contributed by atoms with Gasteiger partial charge in [-0.3, -0.25) is 0 Å². The zero-order valence-electron chi connectivity index (χ0n) is 54.6. The van der Waals surface area contributed by atoms with E-state index in [1.807, 2.05) is 0 Å². The molecule has 0 aromatic heterocycles. The van der Waals surface area contributed by atoms with Crippen LogP contribution in [0, 0.1) is 94.7 Å². The van der Waals surface area contributed by atoms with Crippen molar-refractivity contribution in [2.75, 3.05) is 0 Å². The van der Waals surface area contributed by atoms with Gasteiger partial charge >= 0.3 is 0 Å². The van der Waals surface area contributed by atoms with Crippen molar-refractivity contribution in [2.24, 2.45) is 94.7 Å². The highest BCUT2D eigenvalue weighted by Crippen LogP contribution is 2.38. The highest BCUT2D eigenvalue weighted by molar-refractivity contribution is 5.15. The summed E-state index contributed by atoms with van der Waals surface area (Å²) in [5.41, 5.74) is 0. The fraction of sp³-hybridized carbons (Fsp3) is 0.628. The van der Waals surface area contributed by atoms with Gasteiger partial charge in [0.2, 0.25) is 0 Å². The van der Waals surface area contributed by atoms with E-state index < -0.39 is 0 Å². The van der Waals surface area contributed by atoms with Crippen molar-refractivity contribution in [1.82, 2.24) is 0 Å². The van der Waals surface area contributed by atoms with Crippen molar-refractivity contribution in [1.29, 1.82) is 0 Å². The van der Waals surface area contributed by atoms with Crippen LogP contribution in [0.25, 0.3) is 0 Å². The molecule has 0 saturated heterocycles. The third-order valence-electron chi connectivity index (χ3n) is 22.7. The molecule has 0 heterocycles. The minimum Gasteiger partial charge on any atom is -0.0885 e. The van der Waals surface area contributed by atoms with Gasteiger partial charge in [0, 0.05) is 0 Å². The predicted molar refractivity (Wildman–Crippen MR) is 378 cm³/mol. The van der Waals surface area contributed by atoms with Crippen molar-refractivity contribution in [3.8, 4) is 0 Å². The lowest BCUT2D eigenvalue weighted by Crippen LogP contribution is -2.12. The average Bonchev–Trinajstić information content (AvgIpc) is 4.25. The quantitative estimate of drug-likeness (QED) is 0.212. The zero-order valence-corrected chi connectivity index (χ0v) is 54.6. The van der Waals surface area contributed by atoms with Crippen LogP contribution in [0.3, 0.4) is 0 Å². The van der Waals surface area contributed by atoms with E-state index in [-0.39, 0.29) is 0 Å². The molecule has 0 aromatic carbocycles. The summed E-state index contributed by atoms with van der Waals surface area (Å²) in [5.74, 6) is 14.8. The van der Waals surface area contributed by atoms with Gasteiger partial charge in [0.05, 0.1) is 0 Å². The normalized spacial score (nSPS) is 38.1. The summed E-state index contributed by atoms with van der Waals surface area (Å²) in [7, 11) is 0. The average molecular weight is 1160 g/mol. The first kappa shape index (κ1) is 66.3. The Balaban J connectivity index is 0.000000118. The molecule has 10 bridgehead atoms. The predicted octanol–water partition coefficient (Wildman–Crippen LogP) is 25.7. The molecule has 0 nitrogen and oxygen atoms in total. The van der Waals surface area contributed by atoms with Crippen LogP contribution in [0.5, 0.6) is 0 Å². The van der Waals surface area contributed by atoms with Crippen molar-refractivity contribution in [2.45, 2.75) is 244 Å². The fourth-order valence-corrected chi connectivity index (χ4v) is 17.1. The van der Waals surface area contributed by atoms with Crippen LogP contribution >= 0.6 is 0 Å². The molecule has 0 amide bonds. The van der Waals surface area contributed by atoms with Crippen LogP contribution in [0.15, 0.2) is 194 Å². The summed E-state index contributed by atoms with van der Waals surface area (Å²) in [6.45, 7) is 0. The number of rotatable bonds is 0. The second kappa shape index (κ2) is 39.8. The molecule has 86 heavy (non-hydrogen) atoms.